The van der Waals surface area contributed by atoms with Gasteiger partial charge in [0.05, 0.1) is 6.42 Å². The number of pyridine rings is 1. The van der Waals surface area contributed by atoms with Gasteiger partial charge >= 0.3 is 0 Å². The van der Waals surface area contributed by atoms with E-state index in [1.54, 1.807) is 0 Å². The Morgan fingerprint density at radius 1 is 0.867 bits per heavy atom. The van der Waals surface area contributed by atoms with Gasteiger partial charge in [-0.2, -0.15) is 4.57 Å². The van der Waals surface area contributed by atoms with Crippen molar-refractivity contribution in [2.75, 3.05) is 19.0 Å². The van der Waals surface area contributed by atoms with E-state index in [4.69, 9.17) is 0 Å². The first-order valence-electron chi connectivity index (χ1n) is 10.4. The van der Waals surface area contributed by atoms with Crippen LogP contribution in [-0.4, -0.2) is 14.1 Å². The summed E-state index contributed by atoms with van der Waals surface area (Å²) in [5, 5.41) is 1.29. The van der Waals surface area contributed by atoms with E-state index in [2.05, 4.69) is 120 Å². The zero-order chi connectivity index (χ0) is 20.9. The summed E-state index contributed by atoms with van der Waals surface area (Å²) >= 11 is 1.86. The minimum absolute atomic E-state index is 1.00. The van der Waals surface area contributed by atoms with Crippen LogP contribution in [0, 0.1) is 6.92 Å². The van der Waals surface area contributed by atoms with Crippen LogP contribution in [0.5, 0.6) is 0 Å². The zero-order valence-electron chi connectivity index (χ0n) is 18.0. The third-order valence-electron chi connectivity index (χ3n) is 5.32. The number of fused-ring (bicyclic) bond motifs is 1. The maximum atomic E-state index is 2.46. The Bertz CT molecular complexity index is 1140. The molecule has 0 aliphatic heterocycles. The van der Waals surface area contributed by atoms with Gasteiger partial charge in [0.1, 0.15) is 4.70 Å². The van der Waals surface area contributed by atoms with Crippen LogP contribution >= 0.6 is 11.3 Å². The number of benzene rings is 2. The second-order valence-corrected chi connectivity index (χ2v) is 8.91. The first-order valence-corrected chi connectivity index (χ1v) is 11.2. The van der Waals surface area contributed by atoms with Crippen LogP contribution in [0.2, 0.25) is 0 Å². The molecular formula is C26H29N3S+2. The lowest BCUT2D eigenvalue weighted by Gasteiger charge is -2.11. The zero-order valence-corrected chi connectivity index (χ0v) is 18.8. The normalized spacial score (nSPS) is 11.4. The van der Waals surface area contributed by atoms with Gasteiger partial charge in [0.25, 0.3) is 5.01 Å². The molecule has 0 aliphatic rings. The van der Waals surface area contributed by atoms with Crippen molar-refractivity contribution < 1.29 is 9.13 Å². The van der Waals surface area contributed by atoms with Crippen LogP contribution in [0.15, 0.2) is 73.1 Å². The second-order valence-electron chi connectivity index (χ2n) is 7.85. The number of hydrogen-bond donors (Lipinski definition) is 0. The summed E-state index contributed by atoms with van der Waals surface area (Å²) in [4.78, 5) is 2.12. The Labute approximate surface area is 183 Å². The number of nitrogens with zero attached hydrogens (tertiary/aromatic N) is 3. The standard InChI is InChI=1S/C26H29N3S/c1-21-15-19-28(20-16-21)17-6-18-29-24-7-4-5-8-25(24)30-26(29)14-11-22-9-12-23(13-10-22)27(2)3/h4-5,7-16,19-20H,6,17-18H2,1-3H3/q+2. The molecule has 4 aromatic rings. The highest BCUT2D eigenvalue weighted by Gasteiger charge is 2.18. The van der Waals surface area contributed by atoms with Crippen molar-refractivity contribution in [3.63, 3.8) is 0 Å². The summed E-state index contributed by atoms with van der Waals surface area (Å²) in [5.41, 5.74) is 5.06. The van der Waals surface area contributed by atoms with E-state index >= 15 is 0 Å². The molecule has 30 heavy (non-hydrogen) atoms. The maximum absolute atomic E-state index is 2.46. The Kier molecular flexibility index (Phi) is 6.24. The van der Waals surface area contributed by atoms with Gasteiger partial charge in [-0.05, 0) is 42.3 Å². The molecule has 2 heterocycles. The molecule has 0 spiro atoms. The number of aromatic nitrogens is 2. The van der Waals surface area contributed by atoms with Crippen LogP contribution in [0.3, 0.4) is 0 Å². The first-order chi connectivity index (χ1) is 14.6. The van der Waals surface area contributed by atoms with E-state index < -0.39 is 0 Å². The van der Waals surface area contributed by atoms with Crippen molar-refractivity contribution in [3.05, 3.63) is 89.2 Å². The first kappa shape index (κ1) is 20.3. The smallest absolute Gasteiger partial charge is 0.262 e. The van der Waals surface area contributed by atoms with Gasteiger partial charge in [-0.3, -0.25) is 0 Å². The van der Waals surface area contributed by atoms with Gasteiger partial charge in [0.15, 0.2) is 25.5 Å². The summed E-state index contributed by atoms with van der Waals surface area (Å²) in [7, 11) is 4.14. The Morgan fingerprint density at radius 2 is 1.60 bits per heavy atom. The van der Waals surface area contributed by atoms with E-state index in [1.165, 1.54) is 32.0 Å². The number of para-hydroxylation sites is 1. The monoisotopic (exact) mass is 415 g/mol. The number of thiazole rings is 1. The van der Waals surface area contributed by atoms with E-state index in [1.807, 2.05) is 11.3 Å². The Hall–Kier alpha value is -2.98. The predicted octanol–water partition coefficient (Wildman–Crippen LogP) is 5.11. The molecule has 3 nitrogen and oxygen atoms in total. The summed E-state index contributed by atoms with van der Waals surface area (Å²) in [6.07, 6.45) is 9.91. The fraction of sp³-hybridized carbons (Fsp3) is 0.231. The Morgan fingerprint density at radius 3 is 2.33 bits per heavy atom. The molecule has 4 heteroatoms. The molecule has 0 amide bonds. The average molecular weight is 416 g/mol. The molecule has 0 N–H and O–H groups in total. The van der Waals surface area contributed by atoms with Crippen molar-refractivity contribution in [2.45, 2.75) is 26.4 Å². The number of anilines is 1. The lowest BCUT2D eigenvalue weighted by molar-refractivity contribution is -0.716. The molecule has 0 bridgehead atoms. The SMILES string of the molecule is Cc1cc[n+](CCC[n+]2c(/C=C/c3ccc(N(C)C)cc3)sc3ccccc32)cc1. The second kappa shape index (κ2) is 9.23. The molecule has 0 atom stereocenters. The van der Waals surface area contributed by atoms with Crippen molar-refractivity contribution >= 4 is 39.4 Å². The van der Waals surface area contributed by atoms with E-state index in [0.29, 0.717) is 0 Å². The molecule has 0 aliphatic carbocycles. The molecule has 0 saturated carbocycles. The van der Waals surface area contributed by atoms with Gasteiger partial charge in [-0.25, -0.2) is 4.57 Å². The quantitative estimate of drug-likeness (QED) is 0.382. The largest absolute Gasteiger partial charge is 0.378 e. The summed E-state index contributed by atoms with van der Waals surface area (Å²) in [6.45, 7) is 4.15. The molecule has 0 fully saturated rings. The van der Waals surface area contributed by atoms with Gasteiger partial charge in [-0.1, -0.05) is 35.6 Å². The fourth-order valence-electron chi connectivity index (χ4n) is 3.55. The van der Waals surface area contributed by atoms with Crippen molar-refractivity contribution in [3.8, 4) is 0 Å². The summed E-state index contributed by atoms with van der Waals surface area (Å²) in [6, 6.07) is 21.7. The van der Waals surface area contributed by atoms with Crippen molar-refractivity contribution in [2.24, 2.45) is 0 Å². The lowest BCUT2D eigenvalue weighted by atomic mass is 10.2. The minimum atomic E-state index is 1.00. The highest BCUT2D eigenvalue weighted by atomic mass is 32.1. The van der Waals surface area contributed by atoms with Gasteiger partial charge in [0, 0.05) is 44.1 Å². The minimum Gasteiger partial charge on any atom is -0.378 e. The summed E-state index contributed by atoms with van der Waals surface area (Å²) < 4.78 is 6.06. The van der Waals surface area contributed by atoms with Crippen LogP contribution in [0.4, 0.5) is 5.69 Å². The van der Waals surface area contributed by atoms with Crippen LogP contribution in [0.25, 0.3) is 22.4 Å². The number of aryl methyl sites for hydroxylation is 3. The molecule has 152 valence electrons. The maximum Gasteiger partial charge on any atom is 0.262 e. The highest BCUT2D eigenvalue weighted by molar-refractivity contribution is 7.18. The highest BCUT2D eigenvalue weighted by Crippen LogP contribution is 2.22. The van der Waals surface area contributed by atoms with Gasteiger partial charge < -0.3 is 4.90 Å². The van der Waals surface area contributed by atoms with Crippen molar-refractivity contribution in [1.29, 1.82) is 0 Å². The average Bonchev–Trinajstić information content (AvgIpc) is 3.11. The van der Waals surface area contributed by atoms with Crippen LogP contribution in [0.1, 0.15) is 22.6 Å². The molecule has 0 unspecified atom stereocenters. The third kappa shape index (κ3) is 4.77. The molecule has 2 aromatic heterocycles. The van der Waals surface area contributed by atoms with Crippen LogP contribution in [-0.2, 0) is 13.1 Å². The molecular weight excluding hydrogens is 386 g/mol. The van der Waals surface area contributed by atoms with Gasteiger partial charge in [-0.15, -0.1) is 0 Å². The lowest BCUT2D eigenvalue weighted by Crippen LogP contribution is -2.39. The fourth-order valence-corrected chi connectivity index (χ4v) is 4.64. The topological polar surface area (TPSA) is 11.0 Å². The third-order valence-corrected chi connectivity index (χ3v) is 6.45. The van der Waals surface area contributed by atoms with E-state index in [0.717, 1.165) is 19.5 Å². The van der Waals surface area contributed by atoms with Gasteiger partial charge in [0.2, 0.25) is 5.52 Å². The van der Waals surface area contributed by atoms with E-state index in [9.17, 15) is 0 Å². The predicted molar refractivity (Wildman–Crippen MR) is 128 cm³/mol. The van der Waals surface area contributed by atoms with Crippen molar-refractivity contribution in [1.82, 2.24) is 0 Å². The molecule has 0 radical (unpaired) electrons. The van der Waals surface area contributed by atoms with E-state index in [-0.39, 0.29) is 0 Å². The number of hydrogen-bond acceptors (Lipinski definition) is 2. The number of rotatable bonds is 7. The molecule has 4 rings (SSSR count). The molecule has 2 aromatic carbocycles. The molecule has 0 saturated heterocycles. The summed E-state index contributed by atoms with van der Waals surface area (Å²) in [5.74, 6) is 0. The van der Waals surface area contributed by atoms with Crippen LogP contribution < -0.4 is 14.0 Å². The Balaban J connectivity index is 1.54.